The van der Waals surface area contributed by atoms with Gasteiger partial charge < -0.3 is 4.74 Å². The van der Waals surface area contributed by atoms with Gasteiger partial charge in [0.2, 0.25) is 5.91 Å². The predicted octanol–water partition coefficient (Wildman–Crippen LogP) is 2.85. The van der Waals surface area contributed by atoms with Crippen LogP contribution in [0.25, 0.3) is 5.57 Å². The molecule has 1 amide bonds. The van der Waals surface area contributed by atoms with Gasteiger partial charge in [-0.25, -0.2) is 5.43 Å². The van der Waals surface area contributed by atoms with Crippen LogP contribution in [0, 0.1) is 5.92 Å². The summed E-state index contributed by atoms with van der Waals surface area (Å²) in [6, 6.07) is 6.39. The lowest BCUT2D eigenvalue weighted by Gasteiger charge is -2.28. The molecule has 0 saturated carbocycles. The number of benzene rings is 1. The summed E-state index contributed by atoms with van der Waals surface area (Å²) in [5.41, 5.74) is 8.06. The molecule has 1 fully saturated rings. The maximum atomic E-state index is 11.3. The Kier molecular flexibility index (Phi) is 5.31. The number of amides is 1. The van der Waals surface area contributed by atoms with Crippen molar-refractivity contribution in [3.8, 4) is 5.75 Å². The molecule has 1 aromatic carbocycles. The molecule has 2 N–H and O–H groups in total. The van der Waals surface area contributed by atoms with Gasteiger partial charge in [0.15, 0.2) is 0 Å². The highest BCUT2D eigenvalue weighted by Gasteiger charge is 2.23. The van der Waals surface area contributed by atoms with Crippen LogP contribution in [0.3, 0.4) is 0 Å². The van der Waals surface area contributed by atoms with E-state index in [4.69, 9.17) is 4.74 Å². The number of ether oxygens (including phenoxy) is 1. The van der Waals surface area contributed by atoms with Gasteiger partial charge in [-0.1, -0.05) is 19.1 Å². The number of carbonyl (C=O) groups excluding carboxylic acids is 1. The molecule has 2 rings (SSSR count). The monoisotopic (exact) mass is 306 g/mol. The second-order valence-electron chi connectivity index (χ2n) is 5.32. The quantitative estimate of drug-likeness (QED) is 0.840. The lowest BCUT2D eigenvalue weighted by atomic mass is 9.93. The topological polar surface area (TPSA) is 50.4 Å². The Morgan fingerprint density at radius 3 is 2.86 bits per heavy atom. The van der Waals surface area contributed by atoms with Gasteiger partial charge in [0.1, 0.15) is 5.75 Å². The van der Waals surface area contributed by atoms with Gasteiger partial charge in [-0.05, 0) is 42.4 Å². The molecule has 0 aromatic heterocycles. The minimum atomic E-state index is 0.0517. The zero-order valence-electron chi connectivity index (χ0n) is 12.9. The maximum absolute atomic E-state index is 11.3. The number of hydrogen-bond donors (Lipinski definition) is 2. The smallest absolute Gasteiger partial charge is 0.234 e. The molecule has 2 unspecified atom stereocenters. The zero-order chi connectivity index (χ0) is 15.4. The molecule has 0 bridgehead atoms. The van der Waals surface area contributed by atoms with Gasteiger partial charge in [0.05, 0.1) is 7.11 Å². The van der Waals surface area contributed by atoms with Crippen LogP contribution in [-0.4, -0.2) is 25.3 Å². The van der Waals surface area contributed by atoms with Crippen molar-refractivity contribution in [3.05, 3.63) is 29.8 Å². The molecule has 0 aliphatic carbocycles. The number of thioether (sulfide) groups is 1. The lowest BCUT2D eigenvalue weighted by Crippen LogP contribution is -2.52. The fourth-order valence-corrected chi connectivity index (χ4v) is 2.98. The normalized spacial score (nSPS) is 22.9. The molecular weight excluding hydrogens is 284 g/mol. The van der Waals surface area contributed by atoms with Crippen LogP contribution in [0.4, 0.5) is 0 Å². The van der Waals surface area contributed by atoms with Crippen LogP contribution in [0.5, 0.6) is 5.75 Å². The number of methoxy groups -OCH3 is 1. The Labute approximate surface area is 130 Å². The Hall–Kier alpha value is -1.46. The van der Waals surface area contributed by atoms with Crippen LogP contribution in [0.1, 0.15) is 25.8 Å². The van der Waals surface area contributed by atoms with Crippen LogP contribution >= 0.6 is 11.8 Å². The average molecular weight is 306 g/mol. The number of carbonyl (C=O) groups is 1. The summed E-state index contributed by atoms with van der Waals surface area (Å²) in [6.07, 6.45) is 4.75. The summed E-state index contributed by atoms with van der Waals surface area (Å²) >= 11 is 1.67. The van der Waals surface area contributed by atoms with Crippen LogP contribution in [-0.2, 0) is 4.79 Å². The summed E-state index contributed by atoms with van der Waals surface area (Å²) in [5, 5.41) is 0. The number of allylic oxidation sites excluding steroid dienone is 1. The van der Waals surface area contributed by atoms with E-state index in [-0.39, 0.29) is 17.9 Å². The Balaban J connectivity index is 2.21. The zero-order valence-corrected chi connectivity index (χ0v) is 13.7. The van der Waals surface area contributed by atoms with Crippen molar-refractivity contribution in [2.45, 2.75) is 31.2 Å². The van der Waals surface area contributed by atoms with Crippen molar-refractivity contribution >= 4 is 23.2 Å². The highest BCUT2D eigenvalue weighted by molar-refractivity contribution is 7.98. The van der Waals surface area contributed by atoms with Crippen molar-refractivity contribution in [1.82, 2.24) is 10.9 Å². The number of hydrogen-bond acceptors (Lipinski definition) is 4. The van der Waals surface area contributed by atoms with E-state index in [1.165, 1.54) is 5.57 Å². The summed E-state index contributed by atoms with van der Waals surface area (Å²) in [7, 11) is 1.69. The van der Waals surface area contributed by atoms with Crippen LogP contribution < -0.4 is 15.6 Å². The molecule has 1 aliphatic heterocycles. The van der Waals surface area contributed by atoms with Gasteiger partial charge in [0, 0.05) is 17.4 Å². The highest BCUT2D eigenvalue weighted by atomic mass is 32.2. The van der Waals surface area contributed by atoms with Crippen LogP contribution in [0.2, 0.25) is 0 Å². The fraction of sp³-hybridized carbons (Fsp3) is 0.438. The Morgan fingerprint density at radius 2 is 2.24 bits per heavy atom. The SMILES string of the molecule is COc1cc(/C(C)=C/C2NNC(=O)CC2C)ccc1SC. The standard InChI is InChI=1S/C16H22N2O2S/c1-10(7-13-11(2)8-16(19)18-17-13)12-5-6-15(21-4)14(9-12)20-3/h5-7,9,11,13,17H,8H2,1-4H3,(H,18,19)/b10-7+. The van der Waals surface area contributed by atoms with Crippen molar-refractivity contribution < 1.29 is 9.53 Å². The van der Waals surface area contributed by atoms with Gasteiger partial charge in [0.25, 0.3) is 0 Å². The molecule has 1 aliphatic rings. The van der Waals surface area contributed by atoms with Gasteiger partial charge in [-0.3, -0.25) is 10.2 Å². The maximum Gasteiger partial charge on any atom is 0.234 e. The van der Waals surface area contributed by atoms with E-state index < -0.39 is 0 Å². The largest absolute Gasteiger partial charge is 0.496 e. The first-order chi connectivity index (χ1) is 10.0. The molecule has 1 saturated heterocycles. The molecule has 21 heavy (non-hydrogen) atoms. The van der Waals surface area contributed by atoms with Gasteiger partial charge in [-0.15, -0.1) is 11.8 Å². The first-order valence-corrected chi connectivity index (χ1v) is 8.22. The molecule has 114 valence electrons. The van der Waals surface area contributed by atoms with Crippen molar-refractivity contribution in [2.75, 3.05) is 13.4 Å². The summed E-state index contributed by atoms with van der Waals surface area (Å²) in [6.45, 7) is 4.16. The van der Waals surface area contributed by atoms with Crippen molar-refractivity contribution in [3.63, 3.8) is 0 Å². The molecule has 1 aromatic rings. The molecule has 0 spiro atoms. The summed E-state index contributed by atoms with van der Waals surface area (Å²) in [4.78, 5) is 12.4. The second kappa shape index (κ2) is 7.00. The van der Waals surface area contributed by atoms with Crippen LogP contribution in [0.15, 0.2) is 29.2 Å². The average Bonchev–Trinajstić information content (AvgIpc) is 2.49. The van der Waals surface area contributed by atoms with Gasteiger partial charge in [-0.2, -0.15) is 0 Å². The minimum Gasteiger partial charge on any atom is -0.496 e. The van der Waals surface area contributed by atoms with E-state index >= 15 is 0 Å². The summed E-state index contributed by atoms with van der Waals surface area (Å²) < 4.78 is 5.43. The number of hydrazine groups is 1. The Bertz CT molecular complexity index is 557. The number of nitrogens with one attached hydrogen (secondary N) is 2. The molecule has 5 heteroatoms. The molecule has 1 heterocycles. The molecule has 2 atom stereocenters. The van der Waals surface area contributed by atoms with Crippen molar-refractivity contribution in [2.24, 2.45) is 5.92 Å². The molecule has 4 nitrogen and oxygen atoms in total. The lowest BCUT2D eigenvalue weighted by molar-refractivity contribution is -0.125. The summed E-state index contributed by atoms with van der Waals surface area (Å²) in [5.74, 6) is 1.22. The van der Waals surface area contributed by atoms with E-state index in [1.54, 1.807) is 18.9 Å². The molecule has 0 radical (unpaired) electrons. The second-order valence-corrected chi connectivity index (χ2v) is 6.17. The van der Waals surface area contributed by atoms with E-state index in [9.17, 15) is 4.79 Å². The predicted molar refractivity (Wildman–Crippen MR) is 87.3 cm³/mol. The third kappa shape index (κ3) is 3.80. The van der Waals surface area contributed by atoms with E-state index in [0.29, 0.717) is 6.42 Å². The van der Waals surface area contributed by atoms with Gasteiger partial charge >= 0.3 is 0 Å². The third-order valence-electron chi connectivity index (χ3n) is 3.77. The van der Waals surface area contributed by atoms with E-state index in [0.717, 1.165) is 16.2 Å². The third-order valence-corrected chi connectivity index (χ3v) is 4.54. The van der Waals surface area contributed by atoms with E-state index in [1.807, 2.05) is 6.26 Å². The highest BCUT2D eigenvalue weighted by Crippen LogP contribution is 2.31. The molecular formula is C16H22N2O2S. The van der Waals surface area contributed by atoms with E-state index in [2.05, 4.69) is 49.0 Å². The first kappa shape index (κ1) is 15.9. The fourth-order valence-electron chi connectivity index (χ4n) is 2.43. The minimum absolute atomic E-state index is 0.0517. The first-order valence-electron chi connectivity index (χ1n) is 7.00. The Morgan fingerprint density at radius 1 is 1.48 bits per heavy atom. The van der Waals surface area contributed by atoms with Crippen molar-refractivity contribution in [1.29, 1.82) is 0 Å². The number of rotatable bonds is 4.